The summed E-state index contributed by atoms with van der Waals surface area (Å²) < 4.78 is 5.13. The van der Waals surface area contributed by atoms with Crippen LogP contribution in [0.25, 0.3) is 0 Å². The Morgan fingerprint density at radius 2 is 2.22 bits per heavy atom. The molecule has 0 aromatic heterocycles. The largest absolute Gasteiger partial charge is 0.464 e. The fraction of sp³-hybridized carbons (Fsp3) is 0.533. The lowest BCUT2D eigenvalue weighted by Crippen LogP contribution is -2.45. The number of benzene rings is 1. The molecule has 1 aromatic rings. The number of rotatable bonds is 3. The molecule has 3 heteroatoms. The molecule has 0 fully saturated rings. The van der Waals surface area contributed by atoms with Gasteiger partial charge in [0.15, 0.2) is 0 Å². The Balaban J connectivity index is 2.25. The van der Waals surface area contributed by atoms with Crippen LogP contribution in [0, 0.1) is 5.92 Å². The summed E-state index contributed by atoms with van der Waals surface area (Å²) in [6.07, 6.45) is 1.09. The highest BCUT2D eigenvalue weighted by Gasteiger charge is 2.29. The topological polar surface area (TPSA) is 29.5 Å². The number of anilines is 1. The number of carbonyl (C=O) groups excluding carboxylic acids is 1. The van der Waals surface area contributed by atoms with Crippen molar-refractivity contribution in [3.05, 3.63) is 29.8 Å². The van der Waals surface area contributed by atoms with E-state index >= 15 is 0 Å². The van der Waals surface area contributed by atoms with E-state index in [1.54, 1.807) is 0 Å². The van der Waals surface area contributed by atoms with Crippen molar-refractivity contribution < 1.29 is 9.53 Å². The molecule has 0 spiro atoms. The van der Waals surface area contributed by atoms with E-state index in [9.17, 15) is 4.79 Å². The van der Waals surface area contributed by atoms with Crippen molar-refractivity contribution in [3.8, 4) is 0 Å². The predicted octanol–water partition coefficient (Wildman–Crippen LogP) is 2.64. The molecule has 3 nitrogen and oxygen atoms in total. The average Bonchev–Trinajstić information content (AvgIpc) is 2.37. The zero-order valence-corrected chi connectivity index (χ0v) is 11.3. The van der Waals surface area contributed by atoms with Crippen molar-refractivity contribution in [1.82, 2.24) is 0 Å². The third kappa shape index (κ3) is 2.50. The van der Waals surface area contributed by atoms with Crippen molar-refractivity contribution >= 4 is 11.7 Å². The van der Waals surface area contributed by atoms with E-state index in [1.165, 1.54) is 11.3 Å². The summed E-state index contributed by atoms with van der Waals surface area (Å²) in [7, 11) is 0. The Morgan fingerprint density at radius 1 is 1.50 bits per heavy atom. The van der Waals surface area contributed by atoms with Crippen LogP contribution in [-0.4, -0.2) is 25.2 Å². The van der Waals surface area contributed by atoms with E-state index in [-0.39, 0.29) is 12.0 Å². The maximum Gasteiger partial charge on any atom is 0.328 e. The molecule has 0 N–H and O–H groups in total. The number of nitrogens with zero attached hydrogens (tertiary/aromatic N) is 1. The van der Waals surface area contributed by atoms with Crippen LogP contribution < -0.4 is 4.90 Å². The molecule has 2 atom stereocenters. The molecular weight excluding hydrogens is 226 g/mol. The van der Waals surface area contributed by atoms with Crippen molar-refractivity contribution in [2.24, 2.45) is 5.92 Å². The van der Waals surface area contributed by atoms with Crippen LogP contribution in [-0.2, 0) is 16.0 Å². The summed E-state index contributed by atoms with van der Waals surface area (Å²) >= 11 is 0. The zero-order valence-electron chi connectivity index (χ0n) is 11.3. The SMILES string of the molecule is CCOC(=O)C(C)N1CC(C)Cc2ccccc21. The lowest BCUT2D eigenvalue weighted by molar-refractivity contribution is -0.144. The van der Waals surface area contributed by atoms with Gasteiger partial charge < -0.3 is 9.64 Å². The van der Waals surface area contributed by atoms with E-state index < -0.39 is 0 Å². The second-order valence-corrected chi connectivity index (χ2v) is 5.02. The molecule has 0 radical (unpaired) electrons. The van der Waals surface area contributed by atoms with Gasteiger partial charge in [-0.05, 0) is 37.8 Å². The number of esters is 1. The van der Waals surface area contributed by atoms with Crippen LogP contribution in [0.5, 0.6) is 0 Å². The normalized spacial score (nSPS) is 20.2. The maximum absolute atomic E-state index is 11.9. The van der Waals surface area contributed by atoms with Crippen LogP contribution in [0.4, 0.5) is 5.69 Å². The first-order valence-corrected chi connectivity index (χ1v) is 6.64. The van der Waals surface area contributed by atoms with Crippen LogP contribution in [0.1, 0.15) is 26.3 Å². The van der Waals surface area contributed by atoms with Gasteiger partial charge in [0.05, 0.1) is 6.61 Å². The molecule has 1 aromatic carbocycles. The lowest BCUT2D eigenvalue weighted by atomic mass is 9.93. The summed E-state index contributed by atoms with van der Waals surface area (Å²) in [6.45, 7) is 7.34. The zero-order chi connectivity index (χ0) is 13.1. The number of para-hydroxylation sites is 1. The minimum absolute atomic E-state index is 0.138. The number of hydrogen-bond donors (Lipinski definition) is 0. The second kappa shape index (κ2) is 5.42. The summed E-state index contributed by atoms with van der Waals surface area (Å²) in [5.74, 6) is 0.429. The summed E-state index contributed by atoms with van der Waals surface area (Å²) in [5, 5.41) is 0. The van der Waals surface area contributed by atoms with E-state index in [1.807, 2.05) is 19.9 Å². The maximum atomic E-state index is 11.9. The highest BCUT2D eigenvalue weighted by Crippen LogP contribution is 2.31. The molecule has 0 saturated heterocycles. The molecule has 0 amide bonds. The molecule has 1 heterocycles. The van der Waals surface area contributed by atoms with E-state index in [0.717, 1.165) is 13.0 Å². The monoisotopic (exact) mass is 247 g/mol. The Labute approximate surface area is 109 Å². The molecule has 0 aliphatic carbocycles. The molecule has 2 unspecified atom stereocenters. The molecule has 98 valence electrons. The Morgan fingerprint density at radius 3 is 2.94 bits per heavy atom. The van der Waals surface area contributed by atoms with Gasteiger partial charge in [-0.2, -0.15) is 0 Å². The fourth-order valence-corrected chi connectivity index (χ4v) is 2.59. The minimum Gasteiger partial charge on any atom is -0.464 e. The van der Waals surface area contributed by atoms with E-state index in [4.69, 9.17) is 4.74 Å². The summed E-state index contributed by atoms with van der Waals surface area (Å²) in [5.41, 5.74) is 2.50. The molecule has 1 aliphatic heterocycles. The number of carbonyl (C=O) groups is 1. The van der Waals surface area contributed by atoms with Gasteiger partial charge in [0, 0.05) is 12.2 Å². The molecule has 0 bridgehead atoms. The molecule has 1 aliphatic rings. The van der Waals surface area contributed by atoms with Gasteiger partial charge in [-0.15, -0.1) is 0 Å². The van der Waals surface area contributed by atoms with Crippen molar-refractivity contribution in [2.75, 3.05) is 18.1 Å². The third-order valence-electron chi connectivity index (χ3n) is 3.47. The quantitative estimate of drug-likeness (QED) is 0.769. The van der Waals surface area contributed by atoms with Gasteiger partial charge >= 0.3 is 5.97 Å². The Bertz CT molecular complexity index is 430. The smallest absolute Gasteiger partial charge is 0.328 e. The van der Waals surface area contributed by atoms with Crippen LogP contribution in [0.3, 0.4) is 0 Å². The van der Waals surface area contributed by atoms with Gasteiger partial charge in [-0.25, -0.2) is 4.79 Å². The van der Waals surface area contributed by atoms with Gasteiger partial charge in [0.1, 0.15) is 6.04 Å². The highest BCUT2D eigenvalue weighted by molar-refractivity contribution is 5.80. The van der Waals surface area contributed by atoms with Crippen molar-refractivity contribution in [3.63, 3.8) is 0 Å². The fourth-order valence-electron chi connectivity index (χ4n) is 2.59. The highest BCUT2D eigenvalue weighted by atomic mass is 16.5. The van der Waals surface area contributed by atoms with Crippen LogP contribution >= 0.6 is 0 Å². The van der Waals surface area contributed by atoms with Crippen molar-refractivity contribution in [1.29, 1.82) is 0 Å². The van der Waals surface area contributed by atoms with Gasteiger partial charge in [0.2, 0.25) is 0 Å². The van der Waals surface area contributed by atoms with Crippen molar-refractivity contribution in [2.45, 2.75) is 33.2 Å². The number of ether oxygens (including phenoxy) is 1. The number of hydrogen-bond acceptors (Lipinski definition) is 3. The predicted molar refractivity (Wildman–Crippen MR) is 72.8 cm³/mol. The molecule has 0 saturated carbocycles. The first kappa shape index (κ1) is 12.9. The van der Waals surface area contributed by atoms with Crippen LogP contribution in [0.2, 0.25) is 0 Å². The minimum atomic E-state index is -0.214. The number of fused-ring (bicyclic) bond motifs is 1. The first-order chi connectivity index (χ1) is 8.63. The molecule has 18 heavy (non-hydrogen) atoms. The van der Waals surface area contributed by atoms with Gasteiger partial charge in [-0.3, -0.25) is 0 Å². The Kier molecular flexibility index (Phi) is 3.90. The lowest BCUT2D eigenvalue weighted by Gasteiger charge is -2.37. The van der Waals surface area contributed by atoms with E-state index in [2.05, 4.69) is 30.0 Å². The van der Waals surface area contributed by atoms with Gasteiger partial charge in [0.25, 0.3) is 0 Å². The first-order valence-electron chi connectivity index (χ1n) is 6.64. The average molecular weight is 247 g/mol. The second-order valence-electron chi connectivity index (χ2n) is 5.02. The summed E-state index contributed by atoms with van der Waals surface area (Å²) in [4.78, 5) is 14.1. The Hall–Kier alpha value is -1.51. The van der Waals surface area contributed by atoms with Crippen LogP contribution in [0.15, 0.2) is 24.3 Å². The van der Waals surface area contributed by atoms with E-state index in [0.29, 0.717) is 12.5 Å². The third-order valence-corrected chi connectivity index (χ3v) is 3.47. The molecule has 2 rings (SSSR count). The molecular formula is C15H21NO2. The van der Waals surface area contributed by atoms with Gasteiger partial charge in [-0.1, -0.05) is 25.1 Å². The summed E-state index contributed by atoms with van der Waals surface area (Å²) in [6, 6.07) is 8.12. The standard InChI is InChI=1S/C15H21NO2/c1-4-18-15(17)12(3)16-10-11(2)9-13-7-5-6-8-14(13)16/h5-8,11-12H,4,9-10H2,1-3H3.